The van der Waals surface area contributed by atoms with Crippen molar-refractivity contribution in [3.05, 3.63) is 23.8 Å². The van der Waals surface area contributed by atoms with Crippen molar-refractivity contribution in [3.63, 3.8) is 0 Å². The lowest BCUT2D eigenvalue weighted by Gasteiger charge is -2.26. The highest BCUT2D eigenvalue weighted by Crippen LogP contribution is 2.28. The molecule has 0 atom stereocenters. The number of Topliss-reactive ketones (excluding diaryl/α,β-unsaturated/α-hetero) is 1. The van der Waals surface area contributed by atoms with Gasteiger partial charge in [-0.3, -0.25) is 4.79 Å². The first-order valence-corrected chi connectivity index (χ1v) is 7.55. The smallest absolute Gasteiger partial charge is 0.246 e. The summed E-state index contributed by atoms with van der Waals surface area (Å²) in [5.74, 6) is 0.449. The van der Waals surface area contributed by atoms with Gasteiger partial charge in [0, 0.05) is 25.9 Å². The Morgan fingerprint density at radius 3 is 2.42 bits per heavy atom. The number of ketones is 1. The molecule has 5 nitrogen and oxygen atoms in total. The predicted molar refractivity (Wildman–Crippen MR) is 70.7 cm³/mol. The Hall–Kier alpha value is -1.40. The van der Waals surface area contributed by atoms with Gasteiger partial charge in [0.2, 0.25) is 10.0 Å². The molecule has 0 amide bonds. The van der Waals surface area contributed by atoms with Crippen LogP contribution in [0.25, 0.3) is 0 Å². The number of hydrogen-bond acceptors (Lipinski definition) is 4. The van der Waals surface area contributed by atoms with Gasteiger partial charge in [-0.15, -0.1) is 0 Å². The molecule has 1 heterocycles. The maximum atomic E-state index is 12.6. The molecule has 6 heteroatoms. The van der Waals surface area contributed by atoms with E-state index in [1.165, 1.54) is 11.4 Å². The average Bonchev–Trinajstić information content (AvgIpc) is 2.39. The van der Waals surface area contributed by atoms with E-state index < -0.39 is 10.0 Å². The number of hydrogen-bond donors (Lipinski definition) is 0. The number of carbonyl (C=O) groups is 1. The third kappa shape index (κ3) is 2.79. The molecule has 0 aliphatic carbocycles. The van der Waals surface area contributed by atoms with Crippen molar-refractivity contribution in [1.82, 2.24) is 4.31 Å². The summed E-state index contributed by atoms with van der Waals surface area (Å²) in [6, 6.07) is 5.06. The Bertz CT molecular complexity index is 585. The van der Waals surface area contributed by atoms with Gasteiger partial charge in [-0.05, 0) is 24.6 Å². The van der Waals surface area contributed by atoms with Crippen molar-refractivity contribution in [2.75, 3.05) is 20.2 Å². The topological polar surface area (TPSA) is 63.7 Å². The molecule has 0 radical (unpaired) electrons. The Kier molecular flexibility index (Phi) is 3.91. The summed E-state index contributed by atoms with van der Waals surface area (Å²) >= 11 is 0. The molecule has 0 unspecified atom stereocenters. The first-order chi connectivity index (χ1) is 8.95. The molecule has 0 aromatic heterocycles. The van der Waals surface area contributed by atoms with Crippen LogP contribution in [0.4, 0.5) is 0 Å². The Morgan fingerprint density at radius 2 is 1.84 bits per heavy atom. The second-order valence-corrected chi connectivity index (χ2v) is 6.50. The first kappa shape index (κ1) is 14.0. The number of nitrogens with zero attached hydrogens (tertiary/aromatic N) is 1. The third-order valence-electron chi connectivity index (χ3n) is 3.22. The molecule has 1 fully saturated rings. The van der Waals surface area contributed by atoms with Crippen LogP contribution >= 0.6 is 0 Å². The van der Waals surface area contributed by atoms with Crippen LogP contribution < -0.4 is 4.74 Å². The van der Waals surface area contributed by atoms with Gasteiger partial charge >= 0.3 is 0 Å². The molecule has 19 heavy (non-hydrogen) atoms. The van der Waals surface area contributed by atoms with E-state index in [1.54, 1.807) is 18.2 Å². The summed E-state index contributed by atoms with van der Waals surface area (Å²) in [5.41, 5.74) is 0.854. The van der Waals surface area contributed by atoms with Crippen LogP contribution in [-0.4, -0.2) is 38.7 Å². The van der Waals surface area contributed by atoms with Crippen LogP contribution in [0.5, 0.6) is 5.75 Å². The molecule has 1 aromatic rings. The van der Waals surface area contributed by atoms with Crippen molar-refractivity contribution in [1.29, 1.82) is 0 Å². The summed E-state index contributed by atoms with van der Waals surface area (Å²) in [4.78, 5) is 11.4. The minimum atomic E-state index is -3.59. The fraction of sp³-hybridized carbons (Fsp3) is 0.462. The van der Waals surface area contributed by atoms with E-state index in [-0.39, 0.29) is 36.6 Å². The summed E-state index contributed by atoms with van der Waals surface area (Å²) in [5, 5.41) is 0. The standard InChI is InChI=1S/C13H17NO4S/c1-10-3-4-12(18-2)13(9-10)19(16,17)14-7-5-11(15)6-8-14/h3-4,9H,5-8H2,1-2H3. The van der Waals surface area contributed by atoms with Crippen LogP contribution in [0.3, 0.4) is 0 Å². The molecule has 1 saturated heterocycles. The van der Waals surface area contributed by atoms with E-state index in [9.17, 15) is 13.2 Å². The number of rotatable bonds is 3. The van der Waals surface area contributed by atoms with E-state index in [2.05, 4.69) is 0 Å². The van der Waals surface area contributed by atoms with E-state index >= 15 is 0 Å². The molecule has 1 aliphatic heterocycles. The number of methoxy groups -OCH3 is 1. The molecule has 104 valence electrons. The van der Waals surface area contributed by atoms with Gasteiger partial charge < -0.3 is 4.74 Å². The molecule has 0 saturated carbocycles. The summed E-state index contributed by atoms with van der Waals surface area (Å²) in [6.07, 6.45) is 0.570. The highest BCUT2D eigenvalue weighted by molar-refractivity contribution is 7.89. The van der Waals surface area contributed by atoms with Crippen molar-refractivity contribution in [2.45, 2.75) is 24.7 Å². The number of piperidine rings is 1. The largest absolute Gasteiger partial charge is 0.495 e. The molecule has 2 rings (SSSR count). The van der Waals surface area contributed by atoms with Gasteiger partial charge in [-0.25, -0.2) is 8.42 Å². The second-order valence-electron chi connectivity index (χ2n) is 4.60. The lowest BCUT2D eigenvalue weighted by molar-refractivity contribution is -0.120. The highest BCUT2D eigenvalue weighted by atomic mass is 32.2. The summed E-state index contributed by atoms with van der Waals surface area (Å²) < 4.78 is 31.6. The van der Waals surface area contributed by atoms with Crippen molar-refractivity contribution >= 4 is 15.8 Å². The minimum absolute atomic E-state index is 0.114. The second kappa shape index (κ2) is 5.30. The van der Waals surface area contributed by atoms with Crippen molar-refractivity contribution < 1.29 is 17.9 Å². The fourth-order valence-corrected chi connectivity index (χ4v) is 3.78. The van der Waals surface area contributed by atoms with Gasteiger partial charge in [0.1, 0.15) is 16.4 Å². The maximum Gasteiger partial charge on any atom is 0.246 e. The van der Waals surface area contributed by atoms with E-state index in [0.717, 1.165) is 5.56 Å². The van der Waals surface area contributed by atoms with Crippen LogP contribution in [0.2, 0.25) is 0 Å². The molecule has 0 N–H and O–H groups in total. The Morgan fingerprint density at radius 1 is 1.21 bits per heavy atom. The van der Waals surface area contributed by atoms with Crippen LogP contribution in [0, 0.1) is 6.92 Å². The minimum Gasteiger partial charge on any atom is -0.495 e. The zero-order valence-corrected chi connectivity index (χ0v) is 11.9. The predicted octanol–water partition coefficient (Wildman–Crippen LogP) is 1.36. The van der Waals surface area contributed by atoms with Gasteiger partial charge in [0.05, 0.1) is 7.11 Å². The van der Waals surface area contributed by atoms with E-state index in [0.29, 0.717) is 5.75 Å². The number of aryl methyl sites for hydroxylation is 1. The van der Waals surface area contributed by atoms with Crippen LogP contribution in [-0.2, 0) is 14.8 Å². The van der Waals surface area contributed by atoms with Crippen molar-refractivity contribution in [3.8, 4) is 5.75 Å². The molecular formula is C13H17NO4S. The highest BCUT2D eigenvalue weighted by Gasteiger charge is 2.30. The summed E-state index contributed by atoms with van der Waals surface area (Å²) in [7, 11) is -2.15. The third-order valence-corrected chi connectivity index (χ3v) is 5.14. The quantitative estimate of drug-likeness (QED) is 0.840. The zero-order valence-electron chi connectivity index (χ0n) is 11.0. The van der Waals surface area contributed by atoms with Crippen LogP contribution in [0.15, 0.2) is 23.1 Å². The normalized spacial score (nSPS) is 17.5. The average molecular weight is 283 g/mol. The maximum absolute atomic E-state index is 12.6. The van der Waals surface area contributed by atoms with Crippen LogP contribution in [0.1, 0.15) is 18.4 Å². The number of sulfonamides is 1. The lowest BCUT2D eigenvalue weighted by atomic mass is 10.1. The SMILES string of the molecule is COc1ccc(C)cc1S(=O)(=O)N1CCC(=O)CC1. The molecule has 0 spiro atoms. The van der Waals surface area contributed by atoms with Gasteiger partial charge in [0.15, 0.2) is 0 Å². The van der Waals surface area contributed by atoms with Gasteiger partial charge in [-0.2, -0.15) is 4.31 Å². The Labute approximate surface area is 113 Å². The number of ether oxygens (including phenoxy) is 1. The first-order valence-electron chi connectivity index (χ1n) is 6.11. The number of carbonyl (C=O) groups excluding carboxylic acids is 1. The lowest BCUT2D eigenvalue weighted by Crippen LogP contribution is -2.38. The molecular weight excluding hydrogens is 266 g/mol. The number of benzene rings is 1. The Balaban J connectivity index is 2.39. The van der Waals surface area contributed by atoms with Gasteiger partial charge in [0.25, 0.3) is 0 Å². The summed E-state index contributed by atoms with van der Waals surface area (Å²) in [6.45, 7) is 2.33. The monoisotopic (exact) mass is 283 g/mol. The van der Waals surface area contributed by atoms with E-state index in [4.69, 9.17) is 4.74 Å². The van der Waals surface area contributed by atoms with Crippen molar-refractivity contribution in [2.24, 2.45) is 0 Å². The molecule has 1 aliphatic rings. The fourth-order valence-electron chi connectivity index (χ4n) is 2.10. The van der Waals surface area contributed by atoms with Gasteiger partial charge in [-0.1, -0.05) is 6.07 Å². The molecule has 0 bridgehead atoms. The molecule has 1 aromatic carbocycles. The zero-order chi connectivity index (χ0) is 14.0. The van der Waals surface area contributed by atoms with E-state index in [1.807, 2.05) is 6.92 Å².